The molecule has 1 saturated heterocycles. The molecule has 0 aliphatic carbocycles. The Labute approximate surface area is 151 Å². The molecular formula is C18H25BrN2O3. The standard InChI is InChI=1S/C18H25BrN2O3/c1-12(20)13-4-3-9-21(11-13)18(23)8-6-16(22)15-10-14(19)5-7-17(15)24-2/h5,7,10,12-13H,3-4,6,8-9,11,20H2,1-2H3. The molecule has 2 rings (SSSR count). The highest BCUT2D eigenvalue weighted by atomic mass is 79.9. The quantitative estimate of drug-likeness (QED) is 0.749. The highest BCUT2D eigenvalue weighted by molar-refractivity contribution is 9.10. The van der Waals surface area contributed by atoms with Crippen LogP contribution < -0.4 is 10.5 Å². The second-order valence-corrected chi connectivity index (χ2v) is 7.28. The summed E-state index contributed by atoms with van der Waals surface area (Å²) in [5.74, 6) is 0.833. The highest BCUT2D eigenvalue weighted by Gasteiger charge is 2.26. The van der Waals surface area contributed by atoms with Gasteiger partial charge in [0.05, 0.1) is 12.7 Å². The minimum absolute atomic E-state index is 0.0302. The van der Waals surface area contributed by atoms with Crippen LogP contribution in [0, 0.1) is 5.92 Å². The molecule has 132 valence electrons. The summed E-state index contributed by atoms with van der Waals surface area (Å²) in [5, 5.41) is 0. The number of carbonyl (C=O) groups excluding carboxylic acids is 2. The van der Waals surface area contributed by atoms with Crippen molar-refractivity contribution in [1.82, 2.24) is 4.90 Å². The van der Waals surface area contributed by atoms with Gasteiger partial charge in [-0.3, -0.25) is 9.59 Å². The van der Waals surface area contributed by atoms with Gasteiger partial charge in [0, 0.05) is 36.4 Å². The van der Waals surface area contributed by atoms with Crippen LogP contribution in [0.4, 0.5) is 0 Å². The molecule has 1 aliphatic rings. The van der Waals surface area contributed by atoms with E-state index in [1.165, 1.54) is 7.11 Å². The largest absolute Gasteiger partial charge is 0.496 e. The van der Waals surface area contributed by atoms with Crippen molar-refractivity contribution in [3.8, 4) is 5.75 Å². The molecule has 2 atom stereocenters. The number of carbonyl (C=O) groups is 2. The Hall–Kier alpha value is -1.40. The van der Waals surface area contributed by atoms with E-state index in [-0.39, 0.29) is 30.6 Å². The monoisotopic (exact) mass is 396 g/mol. The van der Waals surface area contributed by atoms with Crippen molar-refractivity contribution >= 4 is 27.6 Å². The zero-order valence-electron chi connectivity index (χ0n) is 14.3. The molecule has 0 bridgehead atoms. The van der Waals surface area contributed by atoms with E-state index in [4.69, 9.17) is 10.5 Å². The molecule has 1 aromatic rings. The van der Waals surface area contributed by atoms with Crippen LogP contribution in [0.15, 0.2) is 22.7 Å². The van der Waals surface area contributed by atoms with Crippen molar-refractivity contribution in [2.45, 2.75) is 38.6 Å². The number of rotatable bonds is 6. The van der Waals surface area contributed by atoms with Crippen LogP contribution in [0.2, 0.25) is 0 Å². The van der Waals surface area contributed by atoms with Crippen LogP contribution in [0.3, 0.4) is 0 Å². The maximum absolute atomic E-state index is 12.4. The fraction of sp³-hybridized carbons (Fsp3) is 0.556. The van der Waals surface area contributed by atoms with E-state index in [0.717, 1.165) is 23.9 Å². The predicted molar refractivity (Wildman–Crippen MR) is 97.2 cm³/mol. The Morgan fingerprint density at radius 1 is 1.42 bits per heavy atom. The average molecular weight is 397 g/mol. The number of ether oxygens (including phenoxy) is 1. The summed E-state index contributed by atoms with van der Waals surface area (Å²) < 4.78 is 6.05. The average Bonchev–Trinajstić information content (AvgIpc) is 2.59. The topological polar surface area (TPSA) is 72.6 Å². The number of likely N-dealkylation sites (tertiary alicyclic amines) is 1. The van der Waals surface area contributed by atoms with E-state index in [9.17, 15) is 9.59 Å². The maximum Gasteiger partial charge on any atom is 0.223 e. The number of amides is 1. The van der Waals surface area contributed by atoms with Gasteiger partial charge in [0.2, 0.25) is 5.91 Å². The third-order valence-corrected chi connectivity index (χ3v) is 5.08. The van der Waals surface area contributed by atoms with E-state index in [1.54, 1.807) is 12.1 Å². The Morgan fingerprint density at radius 3 is 2.83 bits per heavy atom. The summed E-state index contributed by atoms with van der Waals surface area (Å²) in [6.07, 6.45) is 2.45. The van der Waals surface area contributed by atoms with Crippen molar-refractivity contribution in [2.24, 2.45) is 11.7 Å². The predicted octanol–water partition coefficient (Wildman–Crippen LogP) is 3.01. The number of nitrogens with zero attached hydrogens (tertiary/aromatic N) is 1. The summed E-state index contributed by atoms with van der Waals surface area (Å²) in [6.45, 7) is 3.45. The molecule has 1 aromatic carbocycles. The van der Waals surface area contributed by atoms with E-state index in [2.05, 4.69) is 15.9 Å². The number of hydrogen-bond donors (Lipinski definition) is 1. The van der Waals surface area contributed by atoms with Crippen LogP contribution in [-0.2, 0) is 4.79 Å². The zero-order chi connectivity index (χ0) is 17.7. The van der Waals surface area contributed by atoms with Gasteiger partial charge in [0.1, 0.15) is 5.75 Å². The number of piperidine rings is 1. The minimum atomic E-state index is -0.0812. The fourth-order valence-electron chi connectivity index (χ4n) is 3.08. The third kappa shape index (κ3) is 4.80. The van der Waals surface area contributed by atoms with Gasteiger partial charge >= 0.3 is 0 Å². The number of ketones is 1. The van der Waals surface area contributed by atoms with Crippen molar-refractivity contribution in [2.75, 3.05) is 20.2 Å². The van der Waals surface area contributed by atoms with E-state index < -0.39 is 0 Å². The summed E-state index contributed by atoms with van der Waals surface area (Å²) >= 11 is 3.36. The lowest BCUT2D eigenvalue weighted by Crippen LogP contribution is -2.45. The second kappa shape index (κ2) is 8.62. The van der Waals surface area contributed by atoms with Gasteiger partial charge in [-0.1, -0.05) is 15.9 Å². The van der Waals surface area contributed by atoms with Crippen molar-refractivity contribution in [3.63, 3.8) is 0 Å². The first-order chi connectivity index (χ1) is 11.4. The van der Waals surface area contributed by atoms with E-state index in [0.29, 0.717) is 23.8 Å². The Bertz CT molecular complexity index is 604. The number of nitrogens with two attached hydrogens (primary N) is 1. The van der Waals surface area contributed by atoms with Crippen molar-refractivity contribution in [1.29, 1.82) is 0 Å². The summed E-state index contributed by atoms with van der Waals surface area (Å²) in [5.41, 5.74) is 6.47. The van der Waals surface area contributed by atoms with Gasteiger partial charge < -0.3 is 15.4 Å². The van der Waals surface area contributed by atoms with Crippen LogP contribution in [0.25, 0.3) is 0 Å². The zero-order valence-corrected chi connectivity index (χ0v) is 15.8. The number of benzene rings is 1. The first-order valence-electron chi connectivity index (χ1n) is 8.32. The van der Waals surface area contributed by atoms with Crippen LogP contribution in [0.5, 0.6) is 5.75 Å². The fourth-order valence-corrected chi connectivity index (χ4v) is 3.44. The number of hydrogen-bond acceptors (Lipinski definition) is 4. The molecule has 6 heteroatoms. The van der Waals surface area contributed by atoms with Gasteiger partial charge in [0.25, 0.3) is 0 Å². The SMILES string of the molecule is COc1ccc(Br)cc1C(=O)CCC(=O)N1CCCC(C(C)N)C1. The van der Waals surface area contributed by atoms with E-state index >= 15 is 0 Å². The summed E-state index contributed by atoms with van der Waals surface area (Å²) in [6, 6.07) is 5.39. The number of halogens is 1. The molecule has 1 fully saturated rings. The van der Waals surface area contributed by atoms with Crippen LogP contribution in [0.1, 0.15) is 43.0 Å². The van der Waals surface area contributed by atoms with E-state index in [1.807, 2.05) is 17.9 Å². The lowest BCUT2D eigenvalue weighted by Gasteiger charge is -2.34. The minimum Gasteiger partial charge on any atom is -0.496 e. The first kappa shape index (κ1) is 18.9. The Kier molecular flexibility index (Phi) is 6.80. The molecule has 5 nitrogen and oxygen atoms in total. The summed E-state index contributed by atoms with van der Waals surface area (Å²) in [4.78, 5) is 26.7. The molecule has 0 spiro atoms. The van der Waals surface area contributed by atoms with Crippen molar-refractivity contribution < 1.29 is 14.3 Å². The van der Waals surface area contributed by atoms with Crippen LogP contribution >= 0.6 is 15.9 Å². The van der Waals surface area contributed by atoms with Gasteiger partial charge in [-0.15, -0.1) is 0 Å². The Balaban J connectivity index is 1.94. The van der Waals surface area contributed by atoms with Gasteiger partial charge in [-0.25, -0.2) is 0 Å². The summed E-state index contributed by atoms with van der Waals surface area (Å²) in [7, 11) is 1.53. The van der Waals surface area contributed by atoms with Gasteiger partial charge in [-0.05, 0) is 43.9 Å². The molecule has 24 heavy (non-hydrogen) atoms. The first-order valence-corrected chi connectivity index (χ1v) is 9.11. The maximum atomic E-state index is 12.4. The normalized spacial score (nSPS) is 19.0. The highest BCUT2D eigenvalue weighted by Crippen LogP contribution is 2.25. The molecule has 2 unspecified atom stereocenters. The lowest BCUT2D eigenvalue weighted by atomic mass is 9.92. The third-order valence-electron chi connectivity index (χ3n) is 4.58. The lowest BCUT2D eigenvalue weighted by molar-refractivity contribution is -0.133. The smallest absolute Gasteiger partial charge is 0.223 e. The molecular weight excluding hydrogens is 372 g/mol. The number of Topliss-reactive ketones (excluding diaryl/α,β-unsaturated/α-hetero) is 1. The molecule has 0 aromatic heterocycles. The molecule has 1 heterocycles. The molecule has 1 aliphatic heterocycles. The van der Waals surface area contributed by atoms with Crippen molar-refractivity contribution in [3.05, 3.63) is 28.2 Å². The molecule has 1 amide bonds. The second-order valence-electron chi connectivity index (χ2n) is 6.37. The number of methoxy groups -OCH3 is 1. The van der Waals surface area contributed by atoms with Crippen LogP contribution in [-0.4, -0.2) is 42.8 Å². The molecule has 0 radical (unpaired) electrons. The molecule has 0 saturated carbocycles. The van der Waals surface area contributed by atoms with Gasteiger partial charge in [0.15, 0.2) is 5.78 Å². The van der Waals surface area contributed by atoms with Gasteiger partial charge in [-0.2, -0.15) is 0 Å². The Morgan fingerprint density at radius 2 is 2.17 bits per heavy atom. The molecule has 2 N–H and O–H groups in total.